The number of hydrogen-bond acceptors (Lipinski definition) is 4. The van der Waals surface area contributed by atoms with Crippen LogP contribution >= 0.6 is 0 Å². The van der Waals surface area contributed by atoms with E-state index in [1.807, 2.05) is 0 Å². The highest BCUT2D eigenvalue weighted by Crippen LogP contribution is 2.19. The smallest absolute Gasteiger partial charge is 0.310 e. The molecule has 1 aromatic heterocycles. The zero-order valence-corrected chi connectivity index (χ0v) is 10.7. The van der Waals surface area contributed by atoms with Gasteiger partial charge < -0.3 is 14.6 Å². The van der Waals surface area contributed by atoms with Gasteiger partial charge in [-0.25, -0.2) is 0 Å². The summed E-state index contributed by atoms with van der Waals surface area (Å²) in [5, 5.41) is 0. The summed E-state index contributed by atoms with van der Waals surface area (Å²) in [7, 11) is 1.35. The van der Waals surface area contributed by atoms with Gasteiger partial charge in [-0.3, -0.25) is 14.4 Å². The van der Waals surface area contributed by atoms with Crippen molar-refractivity contribution >= 4 is 11.9 Å². The SMILES string of the molecule is COC(=O)[C@H]1CCCN(C(=O)c2ccc(=O)[nH]c2)C1. The summed E-state index contributed by atoms with van der Waals surface area (Å²) in [6.07, 6.45) is 2.91. The molecule has 1 amide bonds. The number of hydrogen-bond donors (Lipinski definition) is 1. The zero-order valence-electron chi connectivity index (χ0n) is 10.7. The van der Waals surface area contributed by atoms with Crippen molar-refractivity contribution in [2.24, 2.45) is 5.92 Å². The van der Waals surface area contributed by atoms with Crippen LogP contribution in [-0.4, -0.2) is 42.0 Å². The Bertz CT molecular complexity index is 517. The van der Waals surface area contributed by atoms with Gasteiger partial charge in [0.1, 0.15) is 0 Å². The molecule has 0 aromatic carbocycles. The molecule has 1 fully saturated rings. The molecule has 0 bridgehead atoms. The topological polar surface area (TPSA) is 79.5 Å². The summed E-state index contributed by atoms with van der Waals surface area (Å²) >= 11 is 0. The number of carbonyl (C=O) groups excluding carboxylic acids is 2. The largest absolute Gasteiger partial charge is 0.469 e. The first-order chi connectivity index (χ1) is 9.11. The molecule has 2 heterocycles. The van der Waals surface area contributed by atoms with Crippen LogP contribution in [0.3, 0.4) is 0 Å². The second-order valence-corrected chi connectivity index (χ2v) is 4.56. The number of pyridine rings is 1. The molecule has 2 rings (SSSR count). The molecule has 0 saturated carbocycles. The van der Waals surface area contributed by atoms with Crippen molar-refractivity contribution in [3.8, 4) is 0 Å². The lowest BCUT2D eigenvalue weighted by Crippen LogP contribution is -2.42. The molecule has 1 aromatic rings. The number of esters is 1. The fraction of sp³-hybridized carbons (Fsp3) is 0.462. The number of methoxy groups -OCH3 is 1. The molecule has 0 radical (unpaired) electrons. The minimum Gasteiger partial charge on any atom is -0.469 e. The molecule has 1 saturated heterocycles. The number of amides is 1. The lowest BCUT2D eigenvalue weighted by Gasteiger charge is -2.31. The fourth-order valence-corrected chi connectivity index (χ4v) is 2.25. The predicted molar refractivity (Wildman–Crippen MR) is 67.7 cm³/mol. The number of carbonyl (C=O) groups is 2. The first-order valence-electron chi connectivity index (χ1n) is 6.17. The maximum atomic E-state index is 12.2. The number of H-pyrrole nitrogens is 1. The molecule has 0 aliphatic carbocycles. The number of aromatic amines is 1. The van der Waals surface area contributed by atoms with Crippen molar-refractivity contribution < 1.29 is 14.3 Å². The second-order valence-electron chi connectivity index (χ2n) is 4.56. The van der Waals surface area contributed by atoms with Crippen LogP contribution in [0.4, 0.5) is 0 Å². The van der Waals surface area contributed by atoms with Crippen LogP contribution in [0.25, 0.3) is 0 Å². The van der Waals surface area contributed by atoms with E-state index in [0.29, 0.717) is 18.7 Å². The minimum absolute atomic E-state index is 0.176. The molecule has 1 N–H and O–H groups in total. The molecule has 1 aliphatic rings. The van der Waals surface area contributed by atoms with Crippen LogP contribution in [0, 0.1) is 5.92 Å². The highest BCUT2D eigenvalue weighted by Gasteiger charge is 2.29. The van der Waals surface area contributed by atoms with E-state index >= 15 is 0 Å². The van der Waals surface area contributed by atoms with Crippen LogP contribution in [0.15, 0.2) is 23.1 Å². The van der Waals surface area contributed by atoms with Crippen molar-refractivity contribution in [1.82, 2.24) is 9.88 Å². The number of piperidine rings is 1. The summed E-state index contributed by atoms with van der Waals surface area (Å²) in [5.74, 6) is -0.714. The van der Waals surface area contributed by atoms with Gasteiger partial charge >= 0.3 is 5.97 Å². The monoisotopic (exact) mass is 264 g/mol. The standard InChI is InChI=1S/C13H16N2O4/c1-19-13(18)10-3-2-6-15(8-10)12(17)9-4-5-11(16)14-7-9/h4-5,7,10H,2-3,6,8H2,1H3,(H,14,16)/t10-/m0/s1. The van der Waals surface area contributed by atoms with Crippen LogP contribution in [0.1, 0.15) is 23.2 Å². The summed E-state index contributed by atoms with van der Waals surface area (Å²) in [6.45, 7) is 0.982. The Kier molecular flexibility index (Phi) is 3.99. The lowest BCUT2D eigenvalue weighted by molar-refractivity contribution is -0.146. The summed E-state index contributed by atoms with van der Waals surface area (Å²) in [6, 6.07) is 2.80. The van der Waals surface area contributed by atoms with Gasteiger partial charge in [0.2, 0.25) is 5.56 Å². The third-order valence-electron chi connectivity index (χ3n) is 3.27. The van der Waals surface area contributed by atoms with Gasteiger partial charge in [0, 0.05) is 25.4 Å². The minimum atomic E-state index is -0.279. The van der Waals surface area contributed by atoms with Gasteiger partial charge in [-0.15, -0.1) is 0 Å². The van der Waals surface area contributed by atoms with Gasteiger partial charge in [0.25, 0.3) is 5.91 Å². The van der Waals surface area contributed by atoms with E-state index in [4.69, 9.17) is 4.74 Å². The number of aromatic nitrogens is 1. The van der Waals surface area contributed by atoms with E-state index in [1.165, 1.54) is 25.4 Å². The van der Waals surface area contributed by atoms with Gasteiger partial charge in [0.15, 0.2) is 0 Å². The quantitative estimate of drug-likeness (QED) is 0.784. The fourth-order valence-electron chi connectivity index (χ4n) is 2.25. The van der Waals surface area contributed by atoms with Crippen LogP contribution < -0.4 is 5.56 Å². The predicted octanol–water partition coefficient (Wildman–Crippen LogP) is 0.400. The summed E-state index contributed by atoms with van der Waals surface area (Å²) in [4.78, 5) is 38.8. The Labute approximate surface area is 110 Å². The Balaban J connectivity index is 2.08. The normalized spacial score (nSPS) is 19.0. The van der Waals surface area contributed by atoms with Crippen molar-refractivity contribution in [2.45, 2.75) is 12.8 Å². The molecule has 19 heavy (non-hydrogen) atoms. The number of nitrogens with zero attached hydrogens (tertiary/aromatic N) is 1. The van der Waals surface area contributed by atoms with Crippen molar-refractivity contribution in [3.63, 3.8) is 0 Å². The van der Waals surface area contributed by atoms with Crippen LogP contribution in [0.5, 0.6) is 0 Å². The van der Waals surface area contributed by atoms with E-state index < -0.39 is 0 Å². The third-order valence-corrected chi connectivity index (χ3v) is 3.27. The van der Waals surface area contributed by atoms with Gasteiger partial charge in [0.05, 0.1) is 18.6 Å². The van der Waals surface area contributed by atoms with E-state index in [9.17, 15) is 14.4 Å². The molecule has 6 nitrogen and oxygen atoms in total. The molecule has 0 spiro atoms. The average molecular weight is 264 g/mol. The van der Waals surface area contributed by atoms with Gasteiger partial charge in [-0.1, -0.05) is 0 Å². The van der Waals surface area contributed by atoms with E-state index in [1.54, 1.807) is 4.90 Å². The molecular formula is C13H16N2O4. The number of likely N-dealkylation sites (tertiary alicyclic amines) is 1. The Hall–Kier alpha value is -2.11. The molecule has 102 valence electrons. The second kappa shape index (κ2) is 5.69. The van der Waals surface area contributed by atoms with Crippen LogP contribution in [0.2, 0.25) is 0 Å². The lowest BCUT2D eigenvalue weighted by atomic mass is 9.97. The Morgan fingerprint density at radius 2 is 2.21 bits per heavy atom. The molecule has 1 aliphatic heterocycles. The van der Waals surface area contributed by atoms with Crippen molar-refractivity contribution in [1.29, 1.82) is 0 Å². The Morgan fingerprint density at radius 1 is 1.42 bits per heavy atom. The van der Waals surface area contributed by atoms with E-state index in [0.717, 1.165) is 12.8 Å². The van der Waals surface area contributed by atoms with Crippen molar-refractivity contribution in [2.75, 3.05) is 20.2 Å². The third kappa shape index (κ3) is 3.01. The molecule has 1 atom stereocenters. The highest BCUT2D eigenvalue weighted by molar-refractivity contribution is 5.94. The van der Waals surface area contributed by atoms with Gasteiger partial charge in [-0.05, 0) is 18.9 Å². The van der Waals surface area contributed by atoms with Crippen molar-refractivity contribution in [3.05, 3.63) is 34.2 Å². The first-order valence-corrected chi connectivity index (χ1v) is 6.17. The number of rotatable bonds is 2. The average Bonchev–Trinajstić information content (AvgIpc) is 2.46. The number of ether oxygens (including phenoxy) is 1. The molecule has 6 heteroatoms. The van der Waals surface area contributed by atoms with Gasteiger partial charge in [-0.2, -0.15) is 0 Å². The maximum Gasteiger partial charge on any atom is 0.310 e. The molecular weight excluding hydrogens is 248 g/mol. The highest BCUT2D eigenvalue weighted by atomic mass is 16.5. The summed E-state index contributed by atoms with van der Waals surface area (Å²) in [5.41, 5.74) is 0.174. The van der Waals surface area contributed by atoms with E-state index in [2.05, 4.69) is 4.98 Å². The zero-order chi connectivity index (χ0) is 13.8. The number of nitrogens with one attached hydrogen (secondary N) is 1. The van der Waals surface area contributed by atoms with Crippen LogP contribution in [-0.2, 0) is 9.53 Å². The maximum absolute atomic E-state index is 12.2. The molecule has 0 unspecified atom stereocenters. The van der Waals surface area contributed by atoms with E-state index in [-0.39, 0.29) is 23.4 Å². The summed E-state index contributed by atoms with van der Waals surface area (Å²) < 4.78 is 4.71. The Morgan fingerprint density at radius 3 is 2.84 bits per heavy atom. The first kappa shape index (κ1) is 13.3.